The monoisotopic (exact) mass is 1620 g/mol. The van der Waals surface area contributed by atoms with Gasteiger partial charge in [-0.15, -0.1) is 0 Å². The Hall–Kier alpha value is -10.0. The Morgan fingerprint density at radius 3 is 1.42 bits per heavy atom. The number of rotatable bonds is 6. The molecule has 14 heterocycles. The molecule has 638 valence electrons. The van der Waals surface area contributed by atoms with E-state index in [1.165, 1.54) is 11.2 Å². The number of nitrogens with zero attached hydrogens (tertiary/aromatic N) is 21. The Kier molecular flexibility index (Phi) is 23.1. The van der Waals surface area contributed by atoms with Crippen molar-refractivity contribution in [2.24, 2.45) is 75.1 Å². The minimum absolute atomic E-state index is 0.00157. The summed E-state index contributed by atoms with van der Waals surface area (Å²) in [6, 6.07) is -1.95. The molecule has 38 heteroatoms. The molecule has 2 fully saturated rings. The SMILES string of the molecule is CC(C)(C)N1C=C(CNC2C(O)C(O)C3CC32)C2C(=O)NC(N)=NC21.CC(C)(C)N1C=C(CNC2C=CC(O)C2O)C2C(=O)NC(N)=NC21.CC(C)(C)N1C=NC2C(=O)NC=NC21.CN1C=NC2C(N=CN2C(C)(C)C)C1=O.Cc1cn2c(n1)N(C)C1C(N=CN1C(C)(C)C)C2=O.Cc1nc2n(c1C)C(=O)C1N=CN(C(C)(C)C)C1N2C. The molecule has 13 N–H and O–H groups in total. The van der Waals surface area contributed by atoms with Crippen LogP contribution in [0.3, 0.4) is 0 Å². The molecule has 12 aliphatic heterocycles. The van der Waals surface area contributed by atoms with Crippen molar-refractivity contribution in [3.8, 4) is 0 Å². The van der Waals surface area contributed by atoms with E-state index in [0.717, 1.165) is 34.6 Å². The maximum atomic E-state index is 12.7. The molecule has 0 saturated heterocycles. The number of hydrogen-bond donors (Lipinski definition) is 11. The second-order valence-corrected chi connectivity index (χ2v) is 38.3. The van der Waals surface area contributed by atoms with Gasteiger partial charge in [0.2, 0.25) is 23.7 Å². The van der Waals surface area contributed by atoms with Gasteiger partial charge >= 0.3 is 0 Å². The highest BCUT2D eigenvalue weighted by Gasteiger charge is 2.60. The van der Waals surface area contributed by atoms with E-state index in [9.17, 15) is 49.2 Å². The zero-order chi connectivity index (χ0) is 86.1. The molecule has 38 nitrogen and oxygen atoms in total. The summed E-state index contributed by atoms with van der Waals surface area (Å²) in [5.41, 5.74) is 15.2. The topological polar surface area (TPSA) is 459 Å². The van der Waals surface area contributed by atoms with Crippen molar-refractivity contribution in [3.63, 3.8) is 0 Å². The molecule has 2 aromatic rings. The highest BCUT2D eigenvalue weighted by atomic mass is 16.3. The summed E-state index contributed by atoms with van der Waals surface area (Å²) in [7, 11) is 5.66. The number of aliphatic hydroxyl groups excluding tert-OH is 4. The number of hydrogen-bond acceptors (Lipinski definition) is 32. The summed E-state index contributed by atoms with van der Waals surface area (Å²) in [6.45, 7) is 44.2. The lowest BCUT2D eigenvalue weighted by atomic mass is 9.95. The number of nitrogens with one attached hydrogen (secondary N) is 5. The smallest absolute Gasteiger partial charge is 0.262 e. The second kappa shape index (κ2) is 31.4. The lowest BCUT2D eigenvalue weighted by Gasteiger charge is -2.44. The van der Waals surface area contributed by atoms with Crippen molar-refractivity contribution in [1.29, 1.82) is 0 Å². The lowest BCUT2D eigenvalue weighted by Crippen LogP contribution is -2.60. The molecule has 0 bridgehead atoms. The number of likely N-dealkylation sites (N-methyl/N-ethyl adjacent to an activating group) is 3. The number of aliphatic hydroxyl groups is 4. The third-order valence-electron chi connectivity index (χ3n) is 23.6. The van der Waals surface area contributed by atoms with E-state index in [2.05, 4.69) is 221 Å². The largest absolute Gasteiger partial charge is 0.390 e. The van der Waals surface area contributed by atoms with E-state index in [0.29, 0.717) is 30.9 Å². The predicted molar refractivity (Wildman–Crippen MR) is 447 cm³/mol. The fourth-order valence-corrected chi connectivity index (χ4v) is 17.0. The van der Waals surface area contributed by atoms with Gasteiger partial charge in [-0.1, -0.05) is 12.2 Å². The van der Waals surface area contributed by atoms with Gasteiger partial charge in [-0.25, -0.2) is 29.9 Å². The molecule has 20 atom stereocenters. The van der Waals surface area contributed by atoms with E-state index < -0.39 is 36.3 Å². The summed E-state index contributed by atoms with van der Waals surface area (Å²) in [6.07, 6.45) is 15.8. The number of aromatic nitrogens is 4. The molecule has 17 rings (SSSR count). The van der Waals surface area contributed by atoms with E-state index in [-0.39, 0.29) is 160 Å². The van der Waals surface area contributed by atoms with Crippen LogP contribution in [0.2, 0.25) is 0 Å². The average molecular weight is 1620 g/mol. The highest BCUT2D eigenvalue weighted by molar-refractivity contribution is 6.02. The number of guanidine groups is 2. The fraction of sp³-hybridized carbons (Fsp3) is 0.671. The Labute approximate surface area is 684 Å². The summed E-state index contributed by atoms with van der Waals surface area (Å²) in [5, 5.41) is 53.9. The third kappa shape index (κ3) is 16.7. The number of carbonyl (C=O) groups excluding carboxylic acids is 6. The molecule has 117 heavy (non-hydrogen) atoms. The van der Waals surface area contributed by atoms with Crippen molar-refractivity contribution in [2.75, 3.05) is 44.0 Å². The number of amides is 4. The maximum Gasteiger partial charge on any atom is 0.262 e. The molecule has 0 aromatic carbocycles. The van der Waals surface area contributed by atoms with Gasteiger partial charge in [0.05, 0.1) is 73.8 Å². The molecule has 0 radical (unpaired) electrons. The quantitative estimate of drug-likeness (QED) is 0.172. The summed E-state index contributed by atoms with van der Waals surface area (Å²) in [5.74, 6) is 1.07. The molecule has 2 aromatic heterocycles. The summed E-state index contributed by atoms with van der Waals surface area (Å²) in [4.78, 5) is 135. The van der Waals surface area contributed by atoms with Crippen LogP contribution in [0.5, 0.6) is 0 Å². The number of anilines is 2. The molecule has 20 unspecified atom stereocenters. The number of carbonyl (C=O) groups is 6. The van der Waals surface area contributed by atoms with Gasteiger partial charge in [-0.2, -0.15) is 0 Å². The Bertz CT molecular complexity index is 4550. The number of aryl methyl sites for hydroxylation is 2. The molecular weight excluding hydrogens is 1500 g/mol. The van der Waals surface area contributed by atoms with Gasteiger partial charge in [-0.05, 0) is 175 Å². The molecular formula is C79H122N28O10. The van der Waals surface area contributed by atoms with Crippen molar-refractivity contribution in [3.05, 3.63) is 59.0 Å². The first kappa shape index (κ1) is 86.3. The van der Waals surface area contributed by atoms with Gasteiger partial charge in [0.25, 0.3) is 23.6 Å². The average Bonchev–Trinajstić information content (AvgIpc) is 1.60. The van der Waals surface area contributed by atoms with E-state index in [1.807, 2.05) is 66.9 Å². The Morgan fingerprint density at radius 1 is 0.479 bits per heavy atom. The highest BCUT2D eigenvalue weighted by Crippen LogP contribution is 2.52. The third-order valence-corrected chi connectivity index (χ3v) is 23.6. The van der Waals surface area contributed by atoms with Crippen LogP contribution in [0.25, 0.3) is 0 Å². The first-order valence-electron chi connectivity index (χ1n) is 40.0. The van der Waals surface area contributed by atoms with Crippen molar-refractivity contribution < 1.29 is 49.2 Å². The molecule has 15 aliphatic rings. The van der Waals surface area contributed by atoms with Crippen LogP contribution in [-0.4, -0.2) is 324 Å². The second-order valence-electron chi connectivity index (χ2n) is 38.3. The number of fused-ring (bicyclic) bond motifs is 9. The normalized spacial score (nSPS) is 32.4. The van der Waals surface area contributed by atoms with Crippen molar-refractivity contribution in [2.45, 2.75) is 283 Å². The fourth-order valence-electron chi connectivity index (χ4n) is 17.0. The minimum Gasteiger partial charge on any atom is -0.390 e. The van der Waals surface area contributed by atoms with Crippen LogP contribution >= 0.6 is 0 Å². The standard InChI is InChI=1S/C17H27N5O3.C16H25N5O3.C14H21N5O.C13H19N5O.C10H16N4O.C9H14N4O/c1-17(2,3)22-6-7(10-14(22)20-16(18)21-15(10)25)5-19-11-8-4-9(8)12(23)13(11)24;1-16(2,3)21-7-8(6-18-9-4-5-10(22)12(9)23)11-13(21)19-15(17)20-14(11)24;1-8-9(2)19-12(20)10-11(17(6)13(19)16-8)18(7-15-10)14(3,4)5;1-8-6-17-11(19)9-10(16(5)12(17)15-8)18(7-14-9)13(2,3)4;1-10(2,3)14-6-11-7-8(14)12-5-13(4)9(7)15;1-9(2,3)13-5-12-6-7(13)10-4-11-8(6)14/h6,8-14,19,23-24H,4-5H2,1-3H3,(H3,18,20,21,25);4-5,7,9-13,18,22-23H,6H2,1-3H3,(H3,17,19,20,24);7,10-11H,1-6H3;6-7,9-10H,1-5H3;5-8H,1-4H3;4-7H,1-3H3,(H,10,11,14). The van der Waals surface area contributed by atoms with Crippen LogP contribution in [0.4, 0.5) is 11.9 Å². The van der Waals surface area contributed by atoms with Gasteiger partial charge in [0.15, 0.2) is 48.4 Å². The number of imidazole rings is 2. The predicted octanol–water partition coefficient (Wildman–Crippen LogP) is 0.173. The van der Waals surface area contributed by atoms with Crippen molar-refractivity contribution in [1.82, 2.24) is 80.0 Å². The maximum absolute atomic E-state index is 12.7. The zero-order valence-electron chi connectivity index (χ0n) is 71.8. The van der Waals surface area contributed by atoms with Gasteiger partial charge in [0.1, 0.15) is 42.6 Å². The van der Waals surface area contributed by atoms with E-state index in [1.54, 1.807) is 66.2 Å². The number of aliphatic imine (C=N–C) groups is 8. The lowest BCUT2D eigenvalue weighted by molar-refractivity contribution is -0.129. The molecule has 3 aliphatic carbocycles. The molecule has 2 saturated carbocycles. The van der Waals surface area contributed by atoms with E-state index in [4.69, 9.17) is 11.5 Å². The molecule has 4 amide bonds. The van der Waals surface area contributed by atoms with Gasteiger partial charge in [0, 0.05) is 97.8 Å². The van der Waals surface area contributed by atoms with Gasteiger partial charge in [-0.3, -0.25) is 68.5 Å². The van der Waals surface area contributed by atoms with Crippen LogP contribution < -0.4 is 47.9 Å². The number of nitrogens with two attached hydrogens (primary N) is 2. The summed E-state index contributed by atoms with van der Waals surface area (Å²) < 4.78 is 3.31. The van der Waals surface area contributed by atoms with Crippen LogP contribution in [0.15, 0.2) is 81.8 Å². The van der Waals surface area contributed by atoms with Crippen molar-refractivity contribution >= 4 is 97.3 Å². The molecule has 0 spiro atoms. The van der Waals surface area contributed by atoms with Crippen LogP contribution in [-0.2, 0) is 19.2 Å². The first-order chi connectivity index (χ1) is 54.3. The summed E-state index contributed by atoms with van der Waals surface area (Å²) >= 11 is 0. The first-order valence-corrected chi connectivity index (χ1v) is 40.0. The van der Waals surface area contributed by atoms with E-state index >= 15 is 0 Å². The van der Waals surface area contributed by atoms with Crippen LogP contribution in [0, 0.1) is 44.4 Å². The van der Waals surface area contributed by atoms with Crippen LogP contribution in [0.1, 0.15) is 158 Å². The zero-order valence-corrected chi connectivity index (χ0v) is 71.8. The minimum atomic E-state index is -0.879. The van der Waals surface area contributed by atoms with Gasteiger partial charge < -0.3 is 91.9 Å². The Balaban J connectivity index is 0.000000131. The Morgan fingerprint density at radius 2 is 0.940 bits per heavy atom.